The first-order valence-electron chi connectivity index (χ1n) is 13.7. The minimum atomic E-state index is -0.719. The number of fused-ring (bicyclic) bond motifs is 2. The molecule has 2 N–H and O–H groups in total. The maximum Gasteiger partial charge on any atom is 0.271 e. The summed E-state index contributed by atoms with van der Waals surface area (Å²) in [5.74, 6) is 0.801. The molecule has 11 heteroatoms. The van der Waals surface area contributed by atoms with Crippen LogP contribution in [0.5, 0.6) is 5.75 Å². The van der Waals surface area contributed by atoms with Crippen molar-refractivity contribution in [3.8, 4) is 5.75 Å². The zero-order valence-electron chi connectivity index (χ0n) is 23.6. The lowest BCUT2D eigenvalue weighted by atomic mass is 9.95. The van der Waals surface area contributed by atoms with Crippen molar-refractivity contribution in [3.63, 3.8) is 0 Å². The van der Waals surface area contributed by atoms with E-state index in [9.17, 15) is 9.59 Å². The van der Waals surface area contributed by atoms with Crippen LogP contribution in [-0.4, -0.2) is 27.6 Å². The fourth-order valence-corrected chi connectivity index (χ4v) is 6.92. The minimum absolute atomic E-state index is 0.276. The molecule has 0 spiro atoms. The number of para-hydroxylation sites is 3. The molecule has 0 radical (unpaired) electrons. The maximum atomic E-state index is 14.0. The number of allylic oxidation sites excluding steroid dienone is 1. The van der Waals surface area contributed by atoms with E-state index in [2.05, 4.69) is 15.3 Å². The molecule has 0 saturated carbocycles. The molecule has 3 aromatic carbocycles. The van der Waals surface area contributed by atoms with E-state index >= 15 is 0 Å². The van der Waals surface area contributed by atoms with Gasteiger partial charge < -0.3 is 19.5 Å². The van der Waals surface area contributed by atoms with Gasteiger partial charge in [-0.3, -0.25) is 14.2 Å². The number of amides is 1. The first-order valence-corrected chi connectivity index (χ1v) is 15.4. The Kier molecular flexibility index (Phi) is 7.24. The van der Waals surface area contributed by atoms with Crippen LogP contribution in [0.2, 0.25) is 0 Å². The lowest BCUT2D eigenvalue weighted by Crippen LogP contribution is -2.40. The number of imidazole rings is 1. The number of carbonyl (C=O) groups excluding carboxylic acids is 1. The Bertz CT molecular complexity index is 2210. The highest BCUT2D eigenvalue weighted by atomic mass is 32.2. The van der Waals surface area contributed by atoms with Crippen LogP contribution in [-0.2, 0) is 4.79 Å². The molecule has 0 bridgehead atoms. The Labute approximate surface area is 259 Å². The van der Waals surface area contributed by atoms with Crippen molar-refractivity contribution >= 4 is 51.8 Å². The number of nitrogens with one attached hydrogen (secondary N) is 2. The average molecular weight is 620 g/mol. The molecule has 0 aliphatic carbocycles. The fraction of sp³-hybridized carbons (Fsp3) is 0.0909. The quantitative estimate of drug-likeness (QED) is 0.244. The summed E-state index contributed by atoms with van der Waals surface area (Å²) in [5.41, 5.74) is 3.83. The summed E-state index contributed by atoms with van der Waals surface area (Å²) in [5, 5.41) is 4.31. The summed E-state index contributed by atoms with van der Waals surface area (Å²) in [6.07, 6.45) is 1.71. The Morgan fingerprint density at radius 2 is 1.89 bits per heavy atom. The lowest BCUT2D eigenvalue weighted by molar-refractivity contribution is -0.113. The van der Waals surface area contributed by atoms with E-state index in [1.54, 1.807) is 24.7 Å². The molecule has 3 aromatic heterocycles. The van der Waals surface area contributed by atoms with Crippen LogP contribution < -0.4 is 24.9 Å². The molecule has 1 atom stereocenters. The molecule has 7 rings (SSSR count). The predicted molar refractivity (Wildman–Crippen MR) is 171 cm³/mol. The number of furan rings is 1. The van der Waals surface area contributed by atoms with E-state index < -0.39 is 6.04 Å². The number of rotatable bonds is 7. The summed E-state index contributed by atoms with van der Waals surface area (Å²) >= 11 is 2.62. The van der Waals surface area contributed by atoms with Gasteiger partial charge in [-0.25, -0.2) is 9.98 Å². The van der Waals surface area contributed by atoms with Crippen molar-refractivity contribution < 1.29 is 13.9 Å². The van der Waals surface area contributed by atoms with Crippen LogP contribution in [0.1, 0.15) is 24.3 Å². The largest absolute Gasteiger partial charge is 0.497 e. The molecule has 218 valence electrons. The van der Waals surface area contributed by atoms with Crippen LogP contribution >= 0.6 is 23.1 Å². The number of aromatic amines is 1. The highest BCUT2D eigenvalue weighted by Gasteiger charge is 2.32. The highest BCUT2D eigenvalue weighted by Crippen LogP contribution is 2.33. The van der Waals surface area contributed by atoms with E-state index in [4.69, 9.17) is 14.1 Å². The van der Waals surface area contributed by atoms with Gasteiger partial charge in [-0.2, -0.15) is 0 Å². The Balaban J connectivity index is 1.27. The number of ether oxygens (including phenoxy) is 1. The number of methoxy groups -OCH3 is 1. The molecular formula is C33H25N5O4S2. The van der Waals surface area contributed by atoms with Crippen molar-refractivity contribution in [2.24, 2.45) is 4.99 Å². The van der Waals surface area contributed by atoms with Crippen molar-refractivity contribution in [2.75, 3.05) is 12.4 Å². The smallest absolute Gasteiger partial charge is 0.271 e. The molecule has 9 nitrogen and oxygen atoms in total. The van der Waals surface area contributed by atoms with Gasteiger partial charge in [0.25, 0.3) is 11.5 Å². The second kappa shape index (κ2) is 11.5. The SMILES string of the molecule is COc1cccc([C@H]2C(C(=O)Nc3ccccc3)=C(C)N=c3s/c(=C/c4ccc(Sc5nc6ccccc6[nH]5)o4)c(=O)n32)c1. The molecule has 0 unspecified atom stereocenters. The summed E-state index contributed by atoms with van der Waals surface area (Å²) in [7, 11) is 1.58. The number of H-pyrrole nitrogens is 1. The zero-order chi connectivity index (χ0) is 30.2. The van der Waals surface area contributed by atoms with Gasteiger partial charge in [0.2, 0.25) is 0 Å². The molecule has 0 fully saturated rings. The average Bonchev–Trinajstić information content (AvgIpc) is 3.74. The predicted octanol–water partition coefficient (Wildman–Crippen LogP) is 5.50. The molecule has 6 aromatic rings. The molecule has 1 aliphatic heterocycles. The third kappa shape index (κ3) is 5.27. The van der Waals surface area contributed by atoms with Gasteiger partial charge in [-0.05, 0) is 72.8 Å². The Morgan fingerprint density at radius 3 is 2.70 bits per heavy atom. The van der Waals surface area contributed by atoms with Crippen LogP contribution in [0.25, 0.3) is 17.1 Å². The van der Waals surface area contributed by atoms with Gasteiger partial charge in [0, 0.05) is 11.8 Å². The standard InChI is InChI=1S/C33H25N5O4S2/c1-19-28(30(39)35-21-10-4-3-5-11-21)29(20-9-8-12-22(17-20)41-2)38-31(40)26(43-33(38)34-19)18-23-15-16-27(42-23)44-32-36-24-13-6-7-14-25(24)37-32/h3-18,29H,1-2H3,(H,35,39)(H,36,37)/b26-18+/t29-/m0/s1. The van der Waals surface area contributed by atoms with Gasteiger partial charge in [0.1, 0.15) is 11.5 Å². The lowest BCUT2D eigenvalue weighted by Gasteiger charge is -2.25. The van der Waals surface area contributed by atoms with Gasteiger partial charge in [-0.15, -0.1) is 0 Å². The molecular weight excluding hydrogens is 595 g/mol. The first-order chi connectivity index (χ1) is 21.5. The van der Waals surface area contributed by atoms with Crippen molar-refractivity contribution in [1.29, 1.82) is 0 Å². The second-order valence-corrected chi connectivity index (χ2v) is 12.0. The van der Waals surface area contributed by atoms with E-state index in [0.29, 0.717) is 48.0 Å². The number of anilines is 1. The third-order valence-corrected chi connectivity index (χ3v) is 8.94. The number of thiazole rings is 1. The van der Waals surface area contributed by atoms with E-state index in [-0.39, 0.29) is 11.5 Å². The van der Waals surface area contributed by atoms with E-state index in [0.717, 1.165) is 16.6 Å². The monoisotopic (exact) mass is 619 g/mol. The van der Waals surface area contributed by atoms with E-state index in [1.807, 2.05) is 91.0 Å². The first kappa shape index (κ1) is 27.7. The molecule has 44 heavy (non-hydrogen) atoms. The molecule has 0 saturated heterocycles. The van der Waals surface area contributed by atoms with Crippen LogP contribution in [0.4, 0.5) is 5.69 Å². The molecule has 1 amide bonds. The topological polar surface area (TPSA) is 115 Å². The van der Waals surface area contributed by atoms with Crippen LogP contribution in [0, 0.1) is 0 Å². The van der Waals surface area contributed by atoms with Gasteiger partial charge in [-0.1, -0.05) is 53.8 Å². The van der Waals surface area contributed by atoms with Gasteiger partial charge >= 0.3 is 0 Å². The zero-order valence-corrected chi connectivity index (χ0v) is 25.2. The van der Waals surface area contributed by atoms with Gasteiger partial charge in [0.15, 0.2) is 15.1 Å². The summed E-state index contributed by atoms with van der Waals surface area (Å²) in [6.45, 7) is 1.79. The van der Waals surface area contributed by atoms with Crippen molar-refractivity contribution in [2.45, 2.75) is 23.2 Å². The maximum absolute atomic E-state index is 14.0. The van der Waals surface area contributed by atoms with Gasteiger partial charge in [0.05, 0.1) is 40.0 Å². The van der Waals surface area contributed by atoms with Crippen LogP contribution in [0.3, 0.4) is 0 Å². The summed E-state index contributed by atoms with van der Waals surface area (Å²) < 4.78 is 13.5. The third-order valence-electron chi connectivity index (χ3n) is 7.15. The van der Waals surface area contributed by atoms with Crippen molar-refractivity contribution in [1.82, 2.24) is 14.5 Å². The Hall–Kier alpha value is -5.13. The molecule has 4 heterocycles. The normalized spacial score (nSPS) is 14.9. The second-order valence-electron chi connectivity index (χ2n) is 10.00. The molecule has 1 aliphatic rings. The highest BCUT2D eigenvalue weighted by molar-refractivity contribution is 7.99. The number of benzene rings is 3. The Morgan fingerprint density at radius 1 is 1.07 bits per heavy atom. The number of hydrogen-bond donors (Lipinski definition) is 2. The van der Waals surface area contributed by atoms with E-state index in [1.165, 1.54) is 23.1 Å². The number of aromatic nitrogens is 3. The fourth-order valence-electron chi connectivity index (χ4n) is 5.13. The summed E-state index contributed by atoms with van der Waals surface area (Å²) in [4.78, 5) is 40.8. The number of carbonyl (C=O) groups is 1. The number of nitrogens with zero attached hydrogens (tertiary/aromatic N) is 3. The van der Waals surface area contributed by atoms with Crippen LogP contribution in [0.15, 0.2) is 127 Å². The summed E-state index contributed by atoms with van der Waals surface area (Å²) in [6, 6.07) is 27.3. The van der Waals surface area contributed by atoms with Crippen molar-refractivity contribution in [3.05, 3.63) is 133 Å². The minimum Gasteiger partial charge on any atom is -0.497 e. The number of hydrogen-bond acceptors (Lipinski definition) is 8.